The zero-order valence-electron chi connectivity index (χ0n) is 18.5. The molecule has 1 aliphatic rings. The molecule has 0 aliphatic heterocycles. The first-order valence-corrected chi connectivity index (χ1v) is 12.5. The highest BCUT2D eigenvalue weighted by atomic mass is 32.2. The number of carbonyl (C=O) groups excluding carboxylic acids is 2. The summed E-state index contributed by atoms with van der Waals surface area (Å²) in [4.78, 5) is 31.3. The highest BCUT2D eigenvalue weighted by Crippen LogP contribution is 2.39. The summed E-state index contributed by atoms with van der Waals surface area (Å²) in [6, 6.07) is 7.85. The molecule has 2 aromatic heterocycles. The minimum atomic E-state index is -0.473. The second-order valence-corrected chi connectivity index (χ2v) is 10.2. The van der Waals surface area contributed by atoms with Crippen molar-refractivity contribution in [2.45, 2.75) is 56.2 Å². The molecule has 3 N–H and O–H groups in total. The van der Waals surface area contributed by atoms with Crippen LogP contribution in [0.25, 0.3) is 10.9 Å². The van der Waals surface area contributed by atoms with Gasteiger partial charge in [0.2, 0.25) is 5.91 Å². The van der Waals surface area contributed by atoms with Gasteiger partial charge in [0.25, 0.3) is 5.91 Å². The molecule has 2 amide bonds. The minimum absolute atomic E-state index is 0.141. The fraction of sp³-hybridized carbons (Fsp3) is 0.375. The number of amides is 2. The minimum Gasteiger partial charge on any atom is -0.494 e. The Labute approximate surface area is 195 Å². The number of hydrogen-bond donors (Lipinski definition) is 2. The second-order valence-electron chi connectivity index (χ2n) is 7.92. The fourth-order valence-corrected chi connectivity index (χ4v) is 6.47. The molecule has 1 atom stereocenters. The number of primary amides is 1. The van der Waals surface area contributed by atoms with Gasteiger partial charge in [-0.1, -0.05) is 30.8 Å². The number of fused-ring (bicyclic) bond motifs is 2. The maximum atomic E-state index is 13.2. The molecule has 0 radical (unpaired) electrons. The standard InChI is InChI=1S/C24H27N3O3S2/c1-4-17(31-19-12-13(2)14-9-7-10-16(30-3)21(14)26-19)23(29)27-24-20(22(25)28)15-8-5-6-11-18(15)32-24/h7,9-10,12,17H,4-6,8,11H2,1-3H3,(H2,25,28)(H,27,29). The summed E-state index contributed by atoms with van der Waals surface area (Å²) in [7, 11) is 1.63. The first kappa shape index (κ1) is 22.6. The van der Waals surface area contributed by atoms with Crippen molar-refractivity contribution in [3.8, 4) is 5.75 Å². The Hall–Kier alpha value is -2.58. The lowest BCUT2D eigenvalue weighted by molar-refractivity contribution is -0.115. The zero-order chi connectivity index (χ0) is 22.8. The van der Waals surface area contributed by atoms with Gasteiger partial charge >= 0.3 is 0 Å². The molecule has 4 rings (SSSR count). The summed E-state index contributed by atoms with van der Waals surface area (Å²) >= 11 is 2.91. The number of nitrogens with one attached hydrogen (secondary N) is 1. The van der Waals surface area contributed by atoms with Crippen molar-refractivity contribution in [1.82, 2.24) is 4.98 Å². The highest BCUT2D eigenvalue weighted by molar-refractivity contribution is 8.00. The number of nitrogens with zero attached hydrogens (tertiary/aromatic N) is 1. The van der Waals surface area contributed by atoms with Crippen LogP contribution in [0.2, 0.25) is 0 Å². The third-order valence-corrected chi connectivity index (χ3v) is 8.28. The van der Waals surface area contributed by atoms with E-state index >= 15 is 0 Å². The molecule has 0 bridgehead atoms. The highest BCUT2D eigenvalue weighted by Gasteiger charge is 2.27. The molecule has 1 unspecified atom stereocenters. The van der Waals surface area contributed by atoms with Gasteiger partial charge < -0.3 is 15.8 Å². The normalized spacial score (nSPS) is 14.1. The number of para-hydroxylation sites is 1. The van der Waals surface area contributed by atoms with Gasteiger partial charge in [-0.3, -0.25) is 9.59 Å². The van der Waals surface area contributed by atoms with Gasteiger partial charge in [-0.05, 0) is 62.3 Å². The Morgan fingerprint density at radius 2 is 2.09 bits per heavy atom. The van der Waals surface area contributed by atoms with E-state index in [0.717, 1.165) is 52.7 Å². The summed E-state index contributed by atoms with van der Waals surface area (Å²) in [6.07, 6.45) is 4.54. The number of aryl methyl sites for hydroxylation is 2. The van der Waals surface area contributed by atoms with Gasteiger partial charge in [-0.15, -0.1) is 11.3 Å². The van der Waals surface area contributed by atoms with E-state index in [-0.39, 0.29) is 11.2 Å². The van der Waals surface area contributed by atoms with E-state index in [2.05, 4.69) is 5.32 Å². The number of pyridine rings is 1. The largest absolute Gasteiger partial charge is 0.494 e. The fourth-order valence-electron chi connectivity index (χ4n) is 4.16. The van der Waals surface area contributed by atoms with Crippen molar-refractivity contribution in [2.24, 2.45) is 5.73 Å². The van der Waals surface area contributed by atoms with Crippen molar-refractivity contribution in [3.05, 3.63) is 45.8 Å². The van der Waals surface area contributed by atoms with Crippen LogP contribution in [0.3, 0.4) is 0 Å². The summed E-state index contributed by atoms with van der Waals surface area (Å²) in [5, 5.41) is 5.02. The van der Waals surface area contributed by atoms with Crippen LogP contribution in [0.1, 0.15) is 52.5 Å². The number of thiophene rings is 1. The maximum Gasteiger partial charge on any atom is 0.251 e. The van der Waals surface area contributed by atoms with Gasteiger partial charge in [0.1, 0.15) is 16.3 Å². The Balaban J connectivity index is 1.60. The van der Waals surface area contributed by atoms with Gasteiger partial charge in [0.15, 0.2) is 0 Å². The number of thioether (sulfide) groups is 1. The van der Waals surface area contributed by atoms with E-state index in [0.29, 0.717) is 22.7 Å². The van der Waals surface area contributed by atoms with Gasteiger partial charge in [0, 0.05) is 10.3 Å². The van der Waals surface area contributed by atoms with Crippen LogP contribution in [0, 0.1) is 6.92 Å². The third kappa shape index (κ3) is 4.34. The number of ether oxygens (including phenoxy) is 1. The van der Waals surface area contributed by atoms with Gasteiger partial charge in [-0.25, -0.2) is 4.98 Å². The van der Waals surface area contributed by atoms with E-state index in [9.17, 15) is 9.59 Å². The summed E-state index contributed by atoms with van der Waals surface area (Å²) in [5.41, 5.74) is 9.05. The van der Waals surface area contributed by atoms with E-state index in [1.807, 2.05) is 38.1 Å². The molecule has 0 fully saturated rings. The SMILES string of the molecule is CCC(Sc1cc(C)c2cccc(OC)c2n1)C(=O)Nc1sc2c(c1C(N)=O)CCCC2. The molecule has 2 heterocycles. The summed E-state index contributed by atoms with van der Waals surface area (Å²) < 4.78 is 5.48. The zero-order valence-corrected chi connectivity index (χ0v) is 20.1. The smallest absolute Gasteiger partial charge is 0.251 e. The molecule has 6 nitrogen and oxygen atoms in total. The molecule has 0 saturated heterocycles. The molecule has 0 saturated carbocycles. The van der Waals surface area contributed by atoms with E-state index in [1.54, 1.807) is 7.11 Å². The Morgan fingerprint density at radius 1 is 1.31 bits per heavy atom. The quantitative estimate of drug-likeness (QED) is 0.470. The van der Waals surface area contributed by atoms with E-state index < -0.39 is 5.91 Å². The number of anilines is 1. The van der Waals surface area contributed by atoms with Gasteiger partial charge in [0.05, 0.1) is 22.9 Å². The predicted molar refractivity (Wildman–Crippen MR) is 131 cm³/mol. The Bertz CT molecular complexity index is 1190. The molecular weight excluding hydrogens is 442 g/mol. The molecule has 0 spiro atoms. The van der Waals surface area contributed by atoms with Crippen molar-refractivity contribution in [1.29, 1.82) is 0 Å². The van der Waals surface area contributed by atoms with Crippen LogP contribution in [-0.4, -0.2) is 29.2 Å². The number of hydrogen-bond acceptors (Lipinski definition) is 6. The molecule has 1 aliphatic carbocycles. The van der Waals surface area contributed by atoms with Crippen molar-refractivity contribution in [3.63, 3.8) is 0 Å². The molecule has 1 aromatic carbocycles. The van der Waals surface area contributed by atoms with Gasteiger partial charge in [-0.2, -0.15) is 0 Å². The second kappa shape index (κ2) is 9.50. The van der Waals surface area contributed by atoms with E-state index in [4.69, 9.17) is 15.5 Å². The van der Waals surface area contributed by atoms with Crippen LogP contribution < -0.4 is 15.8 Å². The monoisotopic (exact) mass is 469 g/mol. The van der Waals surface area contributed by atoms with Crippen molar-refractivity contribution in [2.75, 3.05) is 12.4 Å². The van der Waals surface area contributed by atoms with Crippen LogP contribution in [-0.2, 0) is 17.6 Å². The van der Waals surface area contributed by atoms with Crippen LogP contribution in [0.4, 0.5) is 5.00 Å². The number of benzene rings is 1. The third-order valence-electron chi connectivity index (χ3n) is 5.79. The average molecular weight is 470 g/mol. The molecule has 8 heteroatoms. The van der Waals surface area contributed by atoms with E-state index in [1.165, 1.54) is 28.0 Å². The summed E-state index contributed by atoms with van der Waals surface area (Å²) in [5.74, 6) is 0.0957. The number of rotatable bonds is 7. The van der Waals surface area contributed by atoms with Crippen LogP contribution in [0.15, 0.2) is 29.3 Å². The molecular formula is C24H27N3O3S2. The molecule has 168 valence electrons. The molecule has 32 heavy (non-hydrogen) atoms. The summed E-state index contributed by atoms with van der Waals surface area (Å²) in [6.45, 7) is 4.00. The lowest BCUT2D eigenvalue weighted by Gasteiger charge is -2.16. The predicted octanol–water partition coefficient (Wildman–Crippen LogP) is 5.10. The maximum absolute atomic E-state index is 13.2. The average Bonchev–Trinajstić information content (AvgIpc) is 3.15. The lowest BCUT2D eigenvalue weighted by atomic mass is 9.95. The topological polar surface area (TPSA) is 94.3 Å². The van der Waals surface area contributed by atoms with Crippen LogP contribution in [0.5, 0.6) is 5.75 Å². The van der Waals surface area contributed by atoms with Crippen LogP contribution >= 0.6 is 23.1 Å². The van der Waals surface area contributed by atoms with Crippen molar-refractivity contribution < 1.29 is 14.3 Å². The Kier molecular flexibility index (Phi) is 6.71. The number of nitrogens with two attached hydrogens (primary N) is 1. The Morgan fingerprint density at radius 3 is 2.81 bits per heavy atom. The first-order valence-electron chi connectivity index (χ1n) is 10.8. The number of carbonyl (C=O) groups is 2. The number of methoxy groups -OCH3 is 1. The molecule has 3 aromatic rings. The lowest BCUT2D eigenvalue weighted by Crippen LogP contribution is -2.26. The number of aromatic nitrogens is 1. The van der Waals surface area contributed by atoms with Crippen molar-refractivity contribution >= 4 is 50.8 Å². The first-order chi connectivity index (χ1) is 15.4.